The lowest BCUT2D eigenvalue weighted by atomic mass is 10.1. The Labute approximate surface area is 81.3 Å². The molecule has 0 spiro atoms. The molecule has 1 rings (SSSR count). The van der Waals surface area contributed by atoms with Gasteiger partial charge in [-0.15, -0.1) is 24.8 Å². The van der Waals surface area contributed by atoms with Crippen molar-refractivity contribution in [1.29, 1.82) is 0 Å². The van der Waals surface area contributed by atoms with Gasteiger partial charge >= 0.3 is 0 Å². The Morgan fingerprint density at radius 2 is 2.09 bits per heavy atom. The van der Waals surface area contributed by atoms with Crippen LogP contribution in [0, 0.1) is 0 Å². The summed E-state index contributed by atoms with van der Waals surface area (Å²) in [5, 5.41) is 0. The van der Waals surface area contributed by atoms with E-state index >= 15 is 0 Å². The van der Waals surface area contributed by atoms with E-state index in [0.717, 1.165) is 13.1 Å². The highest BCUT2D eigenvalue weighted by molar-refractivity contribution is 5.85. The number of likely N-dealkylation sites (N-methyl/N-ethyl adjacent to an activating group) is 1. The molecule has 70 valence electrons. The number of hydrogen-bond acceptors (Lipinski definition) is 2. The van der Waals surface area contributed by atoms with Gasteiger partial charge in [-0.25, -0.2) is 0 Å². The number of halogens is 2. The first-order valence-electron chi connectivity index (χ1n) is 3.81. The second-order valence-corrected chi connectivity index (χ2v) is 2.80. The van der Waals surface area contributed by atoms with E-state index < -0.39 is 0 Å². The molecular formula is C7H18Cl2N2. The van der Waals surface area contributed by atoms with Gasteiger partial charge in [0.15, 0.2) is 0 Å². The van der Waals surface area contributed by atoms with Gasteiger partial charge in [0, 0.05) is 12.6 Å². The maximum absolute atomic E-state index is 5.76. The minimum Gasteiger partial charge on any atom is -0.327 e. The lowest BCUT2D eigenvalue weighted by Crippen LogP contribution is -2.42. The molecular weight excluding hydrogens is 183 g/mol. The summed E-state index contributed by atoms with van der Waals surface area (Å²) >= 11 is 0. The second kappa shape index (κ2) is 7.17. The van der Waals surface area contributed by atoms with Crippen LogP contribution in [0.4, 0.5) is 0 Å². The number of nitrogens with two attached hydrogens (primary N) is 1. The molecule has 1 saturated heterocycles. The molecule has 0 bridgehead atoms. The Balaban J connectivity index is 0. The molecule has 1 aliphatic rings. The van der Waals surface area contributed by atoms with E-state index in [2.05, 4.69) is 11.8 Å². The molecule has 1 aliphatic heterocycles. The topological polar surface area (TPSA) is 29.3 Å². The van der Waals surface area contributed by atoms with Crippen molar-refractivity contribution >= 4 is 24.8 Å². The fourth-order valence-corrected chi connectivity index (χ4v) is 1.38. The zero-order chi connectivity index (χ0) is 6.69. The van der Waals surface area contributed by atoms with E-state index in [1.807, 2.05) is 0 Å². The summed E-state index contributed by atoms with van der Waals surface area (Å²) in [6.07, 6.45) is 2.51. The summed E-state index contributed by atoms with van der Waals surface area (Å²) in [5.41, 5.74) is 5.76. The highest BCUT2D eigenvalue weighted by Crippen LogP contribution is 2.06. The third kappa shape index (κ3) is 4.86. The molecule has 0 aromatic heterocycles. The molecule has 1 fully saturated rings. The summed E-state index contributed by atoms with van der Waals surface area (Å²) in [6, 6.07) is 0.443. The van der Waals surface area contributed by atoms with Crippen molar-refractivity contribution in [2.24, 2.45) is 5.73 Å². The molecule has 1 atom stereocenters. The van der Waals surface area contributed by atoms with Crippen LogP contribution in [0.5, 0.6) is 0 Å². The number of likely N-dealkylation sites (tertiary alicyclic amines) is 1. The highest BCUT2D eigenvalue weighted by atomic mass is 35.5. The molecule has 4 heteroatoms. The number of nitrogens with zero attached hydrogens (tertiary/aromatic N) is 1. The summed E-state index contributed by atoms with van der Waals surface area (Å²) in [4.78, 5) is 2.41. The first-order chi connectivity index (χ1) is 4.33. The van der Waals surface area contributed by atoms with Gasteiger partial charge in [-0.2, -0.15) is 0 Å². The molecule has 0 aromatic rings. The minimum atomic E-state index is 0. The number of hydrogen-bond donors (Lipinski definition) is 1. The predicted molar refractivity (Wildman–Crippen MR) is 53.8 cm³/mol. The van der Waals surface area contributed by atoms with Gasteiger partial charge in [-0.3, -0.25) is 0 Å². The third-order valence-electron chi connectivity index (χ3n) is 1.99. The SMILES string of the molecule is CCN1CCCC(N)C1.Cl.Cl. The third-order valence-corrected chi connectivity index (χ3v) is 1.99. The fraction of sp³-hybridized carbons (Fsp3) is 1.00. The zero-order valence-electron chi connectivity index (χ0n) is 6.95. The van der Waals surface area contributed by atoms with Crippen LogP contribution < -0.4 is 5.73 Å². The Hall–Kier alpha value is 0.500. The van der Waals surface area contributed by atoms with Crippen molar-refractivity contribution in [3.05, 3.63) is 0 Å². The molecule has 0 aromatic carbocycles. The van der Waals surface area contributed by atoms with E-state index in [0.29, 0.717) is 6.04 Å². The van der Waals surface area contributed by atoms with Crippen LogP contribution in [-0.4, -0.2) is 30.6 Å². The van der Waals surface area contributed by atoms with E-state index in [1.165, 1.54) is 19.4 Å². The van der Waals surface area contributed by atoms with Gasteiger partial charge in [-0.05, 0) is 25.9 Å². The van der Waals surface area contributed by atoms with Crippen LogP contribution in [0.1, 0.15) is 19.8 Å². The van der Waals surface area contributed by atoms with Gasteiger partial charge in [-0.1, -0.05) is 6.92 Å². The van der Waals surface area contributed by atoms with Crippen molar-refractivity contribution in [2.45, 2.75) is 25.8 Å². The number of rotatable bonds is 1. The van der Waals surface area contributed by atoms with Crippen LogP contribution in [0.15, 0.2) is 0 Å². The zero-order valence-corrected chi connectivity index (χ0v) is 8.59. The van der Waals surface area contributed by atoms with E-state index in [4.69, 9.17) is 5.73 Å². The predicted octanol–water partition coefficient (Wildman–Crippen LogP) is 1.27. The first-order valence-corrected chi connectivity index (χ1v) is 3.81. The smallest absolute Gasteiger partial charge is 0.0168 e. The summed E-state index contributed by atoms with van der Waals surface area (Å²) in [5.74, 6) is 0. The molecule has 11 heavy (non-hydrogen) atoms. The van der Waals surface area contributed by atoms with Crippen molar-refractivity contribution in [2.75, 3.05) is 19.6 Å². The first kappa shape index (κ1) is 14.0. The minimum absolute atomic E-state index is 0. The summed E-state index contributed by atoms with van der Waals surface area (Å²) in [7, 11) is 0. The maximum Gasteiger partial charge on any atom is 0.0168 e. The molecule has 2 nitrogen and oxygen atoms in total. The lowest BCUT2D eigenvalue weighted by Gasteiger charge is -2.29. The average Bonchev–Trinajstić information content (AvgIpc) is 1.88. The van der Waals surface area contributed by atoms with Gasteiger partial charge in [0.1, 0.15) is 0 Å². The number of piperidine rings is 1. The Morgan fingerprint density at radius 3 is 2.45 bits per heavy atom. The standard InChI is InChI=1S/C7H16N2.2ClH/c1-2-9-5-3-4-7(8)6-9;;/h7H,2-6,8H2,1H3;2*1H. The molecule has 0 aliphatic carbocycles. The van der Waals surface area contributed by atoms with Crippen molar-refractivity contribution in [1.82, 2.24) is 4.90 Å². The Morgan fingerprint density at radius 1 is 1.45 bits per heavy atom. The molecule has 0 amide bonds. The Kier molecular flexibility index (Phi) is 9.15. The highest BCUT2D eigenvalue weighted by Gasteiger charge is 2.13. The molecule has 2 N–H and O–H groups in total. The van der Waals surface area contributed by atoms with Crippen molar-refractivity contribution in [3.8, 4) is 0 Å². The maximum atomic E-state index is 5.76. The second-order valence-electron chi connectivity index (χ2n) is 2.80. The molecule has 0 radical (unpaired) electrons. The van der Waals surface area contributed by atoms with Gasteiger partial charge in [0.25, 0.3) is 0 Å². The van der Waals surface area contributed by atoms with Gasteiger partial charge < -0.3 is 10.6 Å². The molecule has 0 saturated carbocycles. The average molecular weight is 201 g/mol. The van der Waals surface area contributed by atoms with Crippen LogP contribution in [-0.2, 0) is 0 Å². The lowest BCUT2D eigenvalue weighted by molar-refractivity contribution is 0.219. The van der Waals surface area contributed by atoms with E-state index in [1.54, 1.807) is 0 Å². The van der Waals surface area contributed by atoms with Gasteiger partial charge in [0.2, 0.25) is 0 Å². The van der Waals surface area contributed by atoms with Gasteiger partial charge in [0.05, 0.1) is 0 Å². The van der Waals surface area contributed by atoms with Crippen LogP contribution in [0.2, 0.25) is 0 Å². The van der Waals surface area contributed by atoms with Crippen molar-refractivity contribution < 1.29 is 0 Å². The Bertz CT molecular complexity index is 90.5. The normalized spacial score (nSPS) is 25.1. The summed E-state index contributed by atoms with van der Waals surface area (Å²) in [6.45, 7) is 5.71. The van der Waals surface area contributed by atoms with Crippen LogP contribution in [0.3, 0.4) is 0 Å². The summed E-state index contributed by atoms with van der Waals surface area (Å²) < 4.78 is 0. The molecule has 1 unspecified atom stereocenters. The quantitative estimate of drug-likeness (QED) is 0.692. The largest absolute Gasteiger partial charge is 0.327 e. The van der Waals surface area contributed by atoms with Crippen molar-refractivity contribution in [3.63, 3.8) is 0 Å². The fourth-order valence-electron chi connectivity index (χ4n) is 1.38. The van der Waals surface area contributed by atoms with Crippen LogP contribution >= 0.6 is 24.8 Å². The van der Waals surface area contributed by atoms with E-state index in [-0.39, 0.29) is 24.8 Å². The monoisotopic (exact) mass is 200 g/mol. The molecule has 1 heterocycles. The van der Waals surface area contributed by atoms with Crippen LogP contribution in [0.25, 0.3) is 0 Å². The van der Waals surface area contributed by atoms with E-state index in [9.17, 15) is 0 Å².